The van der Waals surface area contributed by atoms with Crippen LogP contribution in [0.3, 0.4) is 0 Å². The van der Waals surface area contributed by atoms with Crippen molar-refractivity contribution in [1.82, 2.24) is 0 Å². The molecule has 2 rings (SSSR count). The maximum absolute atomic E-state index is 10.7. The first-order valence-corrected chi connectivity index (χ1v) is 5.33. The zero-order valence-electron chi connectivity index (χ0n) is 6.86. The van der Waals surface area contributed by atoms with Gasteiger partial charge in [-0.05, 0) is 22.0 Å². The van der Waals surface area contributed by atoms with E-state index in [1.165, 1.54) is 17.4 Å². The van der Waals surface area contributed by atoms with Gasteiger partial charge in [0.15, 0.2) is 0 Å². The third kappa shape index (κ3) is 1.27. The van der Waals surface area contributed by atoms with Crippen LogP contribution in [0.1, 0.15) is 0 Å². The molecular formula is C8H5BrN2O2S. The molecule has 0 spiro atoms. The van der Waals surface area contributed by atoms with E-state index in [1.807, 2.05) is 6.07 Å². The third-order valence-corrected chi connectivity index (χ3v) is 3.75. The van der Waals surface area contributed by atoms with Gasteiger partial charge in [-0.1, -0.05) is 6.07 Å². The SMILES string of the molecule is Nc1c(Br)sc2cccc([N+](=O)[O-])c12. The first kappa shape index (κ1) is 9.42. The maximum Gasteiger partial charge on any atom is 0.280 e. The number of nitrogen functional groups attached to an aromatic ring is 1. The van der Waals surface area contributed by atoms with Crippen molar-refractivity contribution in [2.75, 3.05) is 5.73 Å². The van der Waals surface area contributed by atoms with Gasteiger partial charge in [-0.2, -0.15) is 0 Å². The highest BCUT2D eigenvalue weighted by molar-refractivity contribution is 9.11. The van der Waals surface area contributed by atoms with E-state index in [9.17, 15) is 10.1 Å². The number of halogens is 1. The van der Waals surface area contributed by atoms with Crippen molar-refractivity contribution in [1.29, 1.82) is 0 Å². The van der Waals surface area contributed by atoms with E-state index < -0.39 is 4.92 Å². The van der Waals surface area contributed by atoms with E-state index in [-0.39, 0.29) is 5.69 Å². The quantitative estimate of drug-likeness (QED) is 0.641. The fourth-order valence-corrected chi connectivity index (χ4v) is 2.87. The number of nitro groups is 1. The van der Waals surface area contributed by atoms with Gasteiger partial charge in [-0.25, -0.2) is 0 Å². The highest BCUT2D eigenvalue weighted by Crippen LogP contribution is 2.41. The Balaban J connectivity index is 2.91. The Morgan fingerprint density at radius 1 is 1.50 bits per heavy atom. The summed E-state index contributed by atoms with van der Waals surface area (Å²) in [4.78, 5) is 10.3. The first-order valence-electron chi connectivity index (χ1n) is 3.72. The van der Waals surface area contributed by atoms with Crippen molar-refractivity contribution in [3.63, 3.8) is 0 Å². The molecule has 0 amide bonds. The first-order chi connectivity index (χ1) is 6.61. The molecule has 0 saturated heterocycles. The standard InChI is InChI=1S/C8H5BrN2O2S/c9-8-7(10)6-4(11(12)13)2-1-3-5(6)14-8/h1-3H,10H2. The summed E-state index contributed by atoms with van der Waals surface area (Å²) in [6, 6.07) is 4.93. The normalized spacial score (nSPS) is 10.6. The van der Waals surface area contributed by atoms with Gasteiger partial charge in [-0.15, -0.1) is 11.3 Å². The van der Waals surface area contributed by atoms with Crippen LogP contribution in [0.5, 0.6) is 0 Å². The predicted octanol–water partition coefficient (Wildman–Crippen LogP) is 3.15. The number of rotatable bonds is 1. The molecule has 6 heteroatoms. The summed E-state index contributed by atoms with van der Waals surface area (Å²) >= 11 is 4.66. The molecule has 2 N–H and O–H groups in total. The van der Waals surface area contributed by atoms with Gasteiger partial charge in [0.1, 0.15) is 0 Å². The lowest BCUT2D eigenvalue weighted by Gasteiger charge is -1.94. The highest BCUT2D eigenvalue weighted by Gasteiger charge is 2.17. The third-order valence-electron chi connectivity index (χ3n) is 1.88. The van der Waals surface area contributed by atoms with Crippen molar-refractivity contribution in [2.45, 2.75) is 0 Å². The molecule has 0 fully saturated rings. The van der Waals surface area contributed by atoms with Gasteiger partial charge in [0, 0.05) is 10.8 Å². The molecule has 2 aromatic rings. The summed E-state index contributed by atoms with van der Waals surface area (Å²) < 4.78 is 1.56. The van der Waals surface area contributed by atoms with Crippen LogP contribution in [-0.4, -0.2) is 4.92 Å². The fourth-order valence-electron chi connectivity index (χ4n) is 1.28. The van der Waals surface area contributed by atoms with Crippen molar-refractivity contribution < 1.29 is 4.92 Å². The second-order valence-corrected chi connectivity index (χ2v) is 5.07. The lowest BCUT2D eigenvalue weighted by molar-refractivity contribution is -0.383. The zero-order valence-corrected chi connectivity index (χ0v) is 9.26. The van der Waals surface area contributed by atoms with Crippen LogP contribution in [0.4, 0.5) is 11.4 Å². The lowest BCUT2D eigenvalue weighted by Crippen LogP contribution is -1.90. The number of nitrogens with zero attached hydrogens (tertiary/aromatic N) is 1. The molecule has 0 aliphatic rings. The van der Waals surface area contributed by atoms with Gasteiger partial charge in [-0.3, -0.25) is 10.1 Å². The van der Waals surface area contributed by atoms with Gasteiger partial charge in [0.05, 0.1) is 19.8 Å². The van der Waals surface area contributed by atoms with Gasteiger partial charge in [0.25, 0.3) is 5.69 Å². The van der Waals surface area contributed by atoms with E-state index in [1.54, 1.807) is 6.07 Å². The average Bonchev–Trinajstić information content (AvgIpc) is 2.43. The topological polar surface area (TPSA) is 69.2 Å². The Morgan fingerprint density at radius 3 is 2.86 bits per heavy atom. The molecule has 14 heavy (non-hydrogen) atoms. The predicted molar refractivity (Wildman–Crippen MR) is 60.6 cm³/mol. The monoisotopic (exact) mass is 272 g/mol. The second kappa shape index (κ2) is 3.21. The molecule has 0 unspecified atom stereocenters. The number of fused-ring (bicyclic) bond motifs is 1. The summed E-state index contributed by atoms with van der Waals surface area (Å²) in [5.41, 5.74) is 6.24. The molecule has 1 aromatic heterocycles. The molecular weight excluding hydrogens is 268 g/mol. The van der Waals surface area contributed by atoms with Crippen LogP contribution in [-0.2, 0) is 0 Å². The van der Waals surface area contributed by atoms with Crippen molar-refractivity contribution in [3.05, 3.63) is 32.1 Å². The number of hydrogen-bond acceptors (Lipinski definition) is 4. The minimum Gasteiger partial charge on any atom is -0.396 e. The Labute approximate surface area is 91.6 Å². The molecule has 4 nitrogen and oxygen atoms in total. The molecule has 0 saturated carbocycles. The average molecular weight is 273 g/mol. The van der Waals surface area contributed by atoms with E-state index in [0.717, 1.165) is 8.49 Å². The van der Waals surface area contributed by atoms with Crippen LogP contribution >= 0.6 is 27.3 Å². The highest BCUT2D eigenvalue weighted by atomic mass is 79.9. The van der Waals surface area contributed by atoms with E-state index in [2.05, 4.69) is 15.9 Å². The van der Waals surface area contributed by atoms with E-state index in [4.69, 9.17) is 5.73 Å². The van der Waals surface area contributed by atoms with Crippen molar-refractivity contribution >= 4 is 48.7 Å². The van der Waals surface area contributed by atoms with Crippen molar-refractivity contribution in [3.8, 4) is 0 Å². The molecule has 0 atom stereocenters. The van der Waals surface area contributed by atoms with Crippen LogP contribution in [0, 0.1) is 10.1 Å². The van der Waals surface area contributed by atoms with Crippen LogP contribution in [0.25, 0.3) is 10.1 Å². The summed E-state index contributed by atoms with van der Waals surface area (Å²) in [5, 5.41) is 11.2. The maximum atomic E-state index is 10.7. The van der Waals surface area contributed by atoms with Crippen LogP contribution in [0.15, 0.2) is 22.0 Å². The molecule has 1 aromatic carbocycles. The molecule has 0 bridgehead atoms. The number of benzene rings is 1. The summed E-state index contributed by atoms with van der Waals surface area (Å²) in [7, 11) is 0. The number of thiophene rings is 1. The van der Waals surface area contributed by atoms with E-state index in [0.29, 0.717) is 11.1 Å². The number of nitrogens with two attached hydrogens (primary N) is 1. The summed E-state index contributed by atoms with van der Waals surface area (Å²) in [6.45, 7) is 0. The molecule has 0 radical (unpaired) electrons. The Kier molecular flexibility index (Phi) is 2.16. The number of anilines is 1. The fraction of sp³-hybridized carbons (Fsp3) is 0. The van der Waals surface area contributed by atoms with Crippen LogP contribution in [0.2, 0.25) is 0 Å². The molecule has 0 aliphatic carbocycles. The summed E-state index contributed by atoms with van der Waals surface area (Å²) in [6.07, 6.45) is 0. The van der Waals surface area contributed by atoms with E-state index >= 15 is 0 Å². The molecule has 1 heterocycles. The second-order valence-electron chi connectivity index (χ2n) is 2.70. The minimum atomic E-state index is -0.419. The number of nitro benzene ring substituents is 1. The van der Waals surface area contributed by atoms with Crippen LogP contribution < -0.4 is 5.73 Å². The number of hydrogen-bond donors (Lipinski definition) is 1. The minimum absolute atomic E-state index is 0.0574. The van der Waals surface area contributed by atoms with Gasteiger partial charge >= 0.3 is 0 Å². The van der Waals surface area contributed by atoms with Gasteiger partial charge in [0.2, 0.25) is 0 Å². The zero-order chi connectivity index (χ0) is 10.3. The molecule has 72 valence electrons. The smallest absolute Gasteiger partial charge is 0.280 e. The lowest BCUT2D eigenvalue weighted by atomic mass is 10.2. The Bertz CT molecular complexity index is 523. The summed E-state index contributed by atoms with van der Waals surface area (Å²) in [5.74, 6) is 0. The Morgan fingerprint density at radius 2 is 2.21 bits per heavy atom. The van der Waals surface area contributed by atoms with Crippen molar-refractivity contribution in [2.24, 2.45) is 0 Å². The number of non-ortho nitro benzene ring substituents is 1. The molecule has 0 aliphatic heterocycles. The van der Waals surface area contributed by atoms with Gasteiger partial charge < -0.3 is 5.73 Å². The Hall–Kier alpha value is -1.14. The largest absolute Gasteiger partial charge is 0.396 e.